The number of sulfonamides is 1. The highest BCUT2D eigenvalue weighted by atomic mass is 35.5. The lowest BCUT2D eigenvalue weighted by Crippen LogP contribution is -2.35. The molecule has 1 aromatic carbocycles. The van der Waals surface area contributed by atoms with Crippen LogP contribution in [-0.2, 0) is 14.8 Å². The second-order valence-corrected chi connectivity index (χ2v) is 6.91. The van der Waals surface area contributed by atoms with Crippen LogP contribution in [0.5, 0.6) is 0 Å². The van der Waals surface area contributed by atoms with Crippen molar-refractivity contribution >= 4 is 27.3 Å². The number of methoxy groups -OCH3 is 1. The Kier molecular flexibility index (Phi) is 4.70. The lowest BCUT2D eigenvalue weighted by Gasteiger charge is -2.26. The maximum atomic E-state index is 12.6. The second-order valence-electron chi connectivity index (χ2n) is 4.60. The van der Waals surface area contributed by atoms with Crippen LogP contribution in [0.15, 0.2) is 34.7 Å². The summed E-state index contributed by atoms with van der Waals surface area (Å²) in [5.74, 6) is 0. The summed E-state index contributed by atoms with van der Waals surface area (Å²) in [6.07, 6.45) is 2.54. The van der Waals surface area contributed by atoms with Gasteiger partial charge in [0.25, 0.3) is 0 Å². The first-order chi connectivity index (χ1) is 9.45. The summed E-state index contributed by atoms with van der Waals surface area (Å²) in [6.45, 7) is 1.28. The van der Waals surface area contributed by atoms with Crippen molar-refractivity contribution in [2.75, 3.05) is 32.5 Å². The van der Waals surface area contributed by atoms with Gasteiger partial charge < -0.3 is 10.5 Å². The van der Waals surface area contributed by atoms with Crippen molar-refractivity contribution in [3.63, 3.8) is 0 Å². The molecule has 0 aliphatic carbocycles. The summed E-state index contributed by atoms with van der Waals surface area (Å²) < 4.78 is 31.5. The van der Waals surface area contributed by atoms with Crippen LogP contribution in [0.25, 0.3) is 0 Å². The van der Waals surface area contributed by atoms with Crippen LogP contribution in [0.1, 0.15) is 6.42 Å². The van der Waals surface area contributed by atoms with E-state index in [4.69, 9.17) is 22.1 Å². The molecule has 0 spiro atoms. The zero-order chi connectivity index (χ0) is 14.8. The van der Waals surface area contributed by atoms with E-state index < -0.39 is 10.0 Å². The Morgan fingerprint density at radius 2 is 2.20 bits per heavy atom. The Hall–Kier alpha value is -1.08. The number of hydrogen-bond donors (Lipinski definition) is 1. The van der Waals surface area contributed by atoms with Crippen molar-refractivity contribution in [1.29, 1.82) is 0 Å². The van der Waals surface area contributed by atoms with Gasteiger partial charge in [-0.3, -0.25) is 0 Å². The number of nitrogens with two attached hydrogens (primary N) is 1. The van der Waals surface area contributed by atoms with Gasteiger partial charge in [-0.25, -0.2) is 8.42 Å². The van der Waals surface area contributed by atoms with Crippen LogP contribution in [-0.4, -0.2) is 39.5 Å². The largest absolute Gasteiger partial charge is 0.399 e. The molecular weight excluding hydrogens is 300 g/mol. The van der Waals surface area contributed by atoms with Gasteiger partial charge in [-0.05, 0) is 30.2 Å². The molecular formula is C13H17ClN2O3S. The molecule has 0 saturated heterocycles. The van der Waals surface area contributed by atoms with Crippen molar-refractivity contribution in [3.05, 3.63) is 34.9 Å². The van der Waals surface area contributed by atoms with E-state index in [2.05, 4.69) is 0 Å². The maximum absolute atomic E-state index is 12.6. The molecule has 5 nitrogen and oxygen atoms in total. The summed E-state index contributed by atoms with van der Waals surface area (Å²) in [4.78, 5) is 0.0581. The Morgan fingerprint density at radius 3 is 2.80 bits per heavy atom. The van der Waals surface area contributed by atoms with Gasteiger partial charge in [0.2, 0.25) is 10.0 Å². The van der Waals surface area contributed by atoms with Crippen LogP contribution in [0.4, 0.5) is 5.69 Å². The molecule has 0 fully saturated rings. The van der Waals surface area contributed by atoms with Crippen LogP contribution < -0.4 is 5.73 Å². The van der Waals surface area contributed by atoms with E-state index in [1.807, 2.05) is 6.08 Å². The Balaban J connectivity index is 2.26. The minimum Gasteiger partial charge on any atom is -0.399 e. The minimum absolute atomic E-state index is 0.0581. The first-order valence-electron chi connectivity index (χ1n) is 6.17. The first-order valence-corrected chi connectivity index (χ1v) is 7.99. The number of anilines is 1. The van der Waals surface area contributed by atoms with E-state index in [1.54, 1.807) is 13.2 Å². The quantitative estimate of drug-likeness (QED) is 0.680. The highest BCUT2D eigenvalue weighted by Crippen LogP contribution is 2.28. The normalized spacial score (nSPS) is 17.0. The molecule has 1 aromatic rings. The number of nitrogens with zero attached hydrogens (tertiary/aromatic N) is 1. The molecule has 20 heavy (non-hydrogen) atoms. The summed E-state index contributed by atoms with van der Waals surface area (Å²) in [6, 6.07) is 4.47. The summed E-state index contributed by atoms with van der Waals surface area (Å²) in [5, 5.41) is 0.186. The first kappa shape index (κ1) is 15.3. The van der Waals surface area contributed by atoms with Crippen molar-refractivity contribution in [2.45, 2.75) is 11.3 Å². The number of nitrogen functional groups attached to an aromatic ring is 1. The highest BCUT2D eigenvalue weighted by molar-refractivity contribution is 7.89. The summed E-state index contributed by atoms with van der Waals surface area (Å²) in [7, 11) is -2.00. The van der Waals surface area contributed by atoms with E-state index in [9.17, 15) is 8.42 Å². The fourth-order valence-electron chi connectivity index (χ4n) is 2.08. The summed E-state index contributed by atoms with van der Waals surface area (Å²) in [5.41, 5.74) is 7.13. The van der Waals surface area contributed by atoms with E-state index in [-0.39, 0.29) is 9.92 Å². The van der Waals surface area contributed by atoms with Gasteiger partial charge in [-0.1, -0.05) is 17.7 Å². The minimum atomic E-state index is -3.62. The van der Waals surface area contributed by atoms with Crippen LogP contribution in [0, 0.1) is 0 Å². The van der Waals surface area contributed by atoms with Crippen molar-refractivity contribution in [3.8, 4) is 0 Å². The fourth-order valence-corrected chi connectivity index (χ4v) is 3.97. The third-order valence-corrected chi connectivity index (χ3v) is 5.52. The lowest BCUT2D eigenvalue weighted by molar-refractivity contribution is 0.219. The lowest BCUT2D eigenvalue weighted by atomic mass is 10.1. The molecule has 0 saturated carbocycles. The van der Waals surface area contributed by atoms with Gasteiger partial charge >= 0.3 is 0 Å². The number of ether oxygens (including phenoxy) is 1. The zero-order valence-corrected chi connectivity index (χ0v) is 12.7. The average Bonchev–Trinajstić information content (AvgIpc) is 2.42. The molecule has 1 aliphatic rings. The van der Waals surface area contributed by atoms with E-state index >= 15 is 0 Å². The van der Waals surface area contributed by atoms with Crippen LogP contribution in [0.2, 0.25) is 5.02 Å². The average molecular weight is 317 g/mol. The van der Waals surface area contributed by atoms with Crippen LogP contribution >= 0.6 is 11.6 Å². The Labute approximate surface area is 124 Å². The van der Waals surface area contributed by atoms with Crippen molar-refractivity contribution < 1.29 is 13.2 Å². The SMILES string of the molecule is COCC1=CCN(S(=O)(=O)c2cc(N)ccc2Cl)CC1. The predicted octanol–water partition coefficient (Wildman–Crippen LogP) is 1.89. The van der Waals surface area contributed by atoms with Gasteiger partial charge in [0.05, 0.1) is 11.6 Å². The molecule has 0 bridgehead atoms. The van der Waals surface area contributed by atoms with Gasteiger partial charge in [0, 0.05) is 25.9 Å². The Bertz CT molecular complexity index is 629. The van der Waals surface area contributed by atoms with Gasteiger partial charge in [-0.15, -0.1) is 0 Å². The smallest absolute Gasteiger partial charge is 0.244 e. The highest BCUT2D eigenvalue weighted by Gasteiger charge is 2.28. The molecule has 0 aromatic heterocycles. The molecule has 1 heterocycles. The third-order valence-electron chi connectivity index (χ3n) is 3.17. The molecule has 0 amide bonds. The third kappa shape index (κ3) is 3.15. The Morgan fingerprint density at radius 1 is 1.45 bits per heavy atom. The zero-order valence-electron chi connectivity index (χ0n) is 11.2. The van der Waals surface area contributed by atoms with Gasteiger partial charge in [0.1, 0.15) is 4.90 Å². The molecule has 0 radical (unpaired) electrons. The van der Waals surface area contributed by atoms with Crippen LogP contribution in [0.3, 0.4) is 0 Å². The fraction of sp³-hybridized carbons (Fsp3) is 0.385. The molecule has 2 rings (SSSR count). The molecule has 2 N–H and O–H groups in total. The second kappa shape index (κ2) is 6.13. The molecule has 0 atom stereocenters. The number of halogens is 1. The predicted molar refractivity (Wildman–Crippen MR) is 79.2 cm³/mol. The van der Waals surface area contributed by atoms with E-state index in [1.165, 1.54) is 16.4 Å². The topological polar surface area (TPSA) is 72.6 Å². The maximum Gasteiger partial charge on any atom is 0.244 e. The molecule has 0 unspecified atom stereocenters. The standard InChI is InChI=1S/C13H17ClN2O3S/c1-19-9-10-4-6-16(7-5-10)20(17,18)13-8-11(15)2-3-12(13)14/h2-4,8H,5-7,9,15H2,1H3. The van der Waals surface area contributed by atoms with Gasteiger partial charge in [0.15, 0.2) is 0 Å². The number of benzene rings is 1. The van der Waals surface area contributed by atoms with E-state index in [0.717, 1.165) is 5.57 Å². The number of rotatable bonds is 4. The molecule has 110 valence electrons. The monoisotopic (exact) mass is 316 g/mol. The van der Waals surface area contributed by atoms with Crippen molar-refractivity contribution in [1.82, 2.24) is 4.31 Å². The molecule has 1 aliphatic heterocycles. The van der Waals surface area contributed by atoms with Gasteiger partial charge in [-0.2, -0.15) is 4.31 Å². The number of hydrogen-bond acceptors (Lipinski definition) is 4. The summed E-state index contributed by atoms with van der Waals surface area (Å²) >= 11 is 5.98. The van der Waals surface area contributed by atoms with E-state index in [0.29, 0.717) is 31.8 Å². The van der Waals surface area contributed by atoms with Crippen molar-refractivity contribution in [2.24, 2.45) is 0 Å². The molecule has 7 heteroatoms.